The van der Waals surface area contributed by atoms with Gasteiger partial charge in [0.15, 0.2) is 6.10 Å². The molecule has 0 bridgehead atoms. The number of hydrogen-bond acceptors (Lipinski definition) is 8. The molecule has 53 heavy (non-hydrogen) atoms. The number of carbonyl (C=O) groups excluding carboxylic acids is 3. The highest BCUT2D eigenvalue weighted by Crippen LogP contribution is 2.24. The number of hydrogen-bond donors (Lipinski definition) is 1. The van der Waals surface area contributed by atoms with Gasteiger partial charge in [-0.15, -0.1) is 0 Å². The van der Waals surface area contributed by atoms with Crippen LogP contribution in [-0.4, -0.2) is 50.3 Å². The molecule has 10 heteroatoms. The van der Waals surface area contributed by atoms with Crippen LogP contribution in [0.15, 0.2) is 0 Å². The first-order valence-electron chi connectivity index (χ1n) is 22.3. The van der Waals surface area contributed by atoms with Gasteiger partial charge in [-0.1, -0.05) is 194 Å². The third-order valence-corrected chi connectivity index (χ3v) is 10.6. The first kappa shape index (κ1) is 51.6. The van der Waals surface area contributed by atoms with Crippen molar-refractivity contribution in [1.82, 2.24) is 5.32 Å². The van der Waals surface area contributed by atoms with Gasteiger partial charge in [0.25, 0.3) is 0 Å². The lowest BCUT2D eigenvalue weighted by Gasteiger charge is -2.18. The number of amides is 1. The van der Waals surface area contributed by atoms with Crippen molar-refractivity contribution in [2.24, 2.45) is 0 Å². The topological polar surface area (TPSA) is 117 Å². The predicted molar refractivity (Wildman–Crippen MR) is 220 cm³/mol. The fraction of sp³-hybridized carbons (Fsp3) is 0.930. The maximum Gasteiger partial charge on any atom is 0.319 e. The lowest BCUT2D eigenvalue weighted by molar-refractivity contribution is -0.161. The molecule has 0 aromatic heterocycles. The van der Waals surface area contributed by atoms with Crippen LogP contribution in [0.3, 0.4) is 0 Å². The quantitative estimate of drug-likeness (QED) is 0.0370. The van der Waals surface area contributed by atoms with E-state index in [1.165, 1.54) is 161 Å². The van der Waals surface area contributed by atoms with Crippen molar-refractivity contribution in [3.05, 3.63) is 0 Å². The summed E-state index contributed by atoms with van der Waals surface area (Å²) in [6.07, 6.45) is 37.5. The van der Waals surface area contributed by atoms with Crippen LogP contribution in [-0.2, 0) is 37.5 Å². The Hall–Kier alpha value is -1.44. The van der Waals surface area contributed by atoms with E-state index >= 15 is 0 Å². The molecule has 0 spiro atoms. The number of ether oxygens (including phenoxy) is 2. The van der Waals surface area contributed by atoms with Crippen LogP contribution in [0.5, 0.6) is 0 Å². The highest BCUT2D eigenvalue weighted by Gasteiger charge is 2.19. The summed E-state index contributed by atoms with van der Waals surface area (Å²) in [5.41, 5.74) is 0. The van der Waals surface area contributed by atoms with Crippen LogP contribution >= 0.6 is 8.25 Å². The molecule has 0 fully saturated rings. The number of carbonyl (C=O) groups is 3. The van der Waals surface area contributed by atoms with Crippen LogP contribution < -0.4 is 5.32 Å². The zero-order chi connectivity index (χ0) is 38.9. The van der Waals surface area contributed by atoms with Crippen LogP contribution in [0.25, 0.3) is 0 Å². The Morgan fingerprint density at radius 2 is 0.849 bits per heavy atom. The third-order valence-electron chi connectivity index (χ3n) is 9.78. The molecule has 0 rings (SSSR count). The summed E-state index contributed by atoms with van der Waals surface area (Å²) in [7, 11) is -2.87. The molecule has 1 N–H and O–H groups in total. The van der Waals surface area contributed by atoms with Crippen molar-refractivity contribution < 1.29 is 37.5 Å². The molecule has 0 saturated heterocycles. The molecule has 0 aromatic rings. The van der Waals surface area contributed by atoms with Crippen LogP contribution in [0.1, 0.15) is 226 Å². The van der Waals surface area contributed by atoms with Gasteiger partial charge in [0.05, 0.1) is 13.2 Å². The maximum atomic E-state index is 12.6. The zero-order valence-electron chi connectivity index (χ0n) is 34.8. The molecule has 0 radical (unpaired) electrons. The molecule has 9 nitrogen and oxygen atoms in total. The summed E-state index contributed by atoms with van der Waals surface area (Å²) in [5.74, 6) is -0.915. The Bertz CT molecular complexity index is 858. The minimum absolute atomic E-state index is 0.0370. The zero-order valence-corrected chi connectivity index (χ0v) is 35.8. The normalized spacial score (nSPS) is 12.4. The smallest absolute Gasteiger partial charge is 0.319 e. The van der Waals surface area contributed by atoms with Crippen molar-refractivity contribution in [2.75, 3.05) is 26.4 Å². The van der Waals surface area contributed by atoms with Crippen LogP contribution in [0.4, 0.5) is 0 Å². The third kappa shape index (κ3) is 41.6. The molecule has 0 aliphatic heterocycles. The Morgan fingerprint density at radius 3 is 1.23 bits per heavy atom. The molecule has 1 amide bonds. The monoisotopic (exact) mass is 774 g/mol. The number of esters is 2. The van der Waals surface area contributed by atoms with Gasteiger partial charge >= 0.3 is 20.2 Å². The van der Waals surface area contributed by atoms with Crippen LogP contribution in [0.2, 0.25) is 0 Å². The molecular weight excluding hydrogens is 689 g/mol. The van der Waals surface area contributed by atoms with E-state index in [-0.39, 0.29) is 50.6 Å². The average Bonchev–Trinajstić information content (AvgIpc) is 3.14. The summed E-state index contributed by atoms with van der Waals surface area (Å²) >= 11 is 0. The molecule has 0 aliphatic rings. The predicted octanol–water partition coefficient (Wildman–Crippen LogP) is 12.5. The summed E-state index contributed by atoms with van der Waals surface area (Å²) in [4.78, 5) is 36.1. The van der Waals surface area contributed by atoms with E-state index in [9.17, 15) is 18.9 Å². The summed E-state index contributed by atoms with van der Waals surface area (Å²) < 4.78 is 33.7. The lowest BCUT2D eigenvalue weighted by Crippen LogP contribution is -2.29. The fourth-order valence-electron chi connectivity index (χ4n) is 6.46. The van der Waals surface area contributed by atoms with E-state index in [0.717, 1.165) is 38.5 Å². The summed E-state index contributed by atoms with van der Waals surface area (Å²) in [5, 5.41) is 2.56. The van der Waals surface area contributed by atoms with E-state index in [1.807, 2.05) is 0 Å². The standard InChI is InChI=1S/C43H84NO8P/c1-4-6-8-10-12-14-16-18-20-22-24-26-28-30-32-34-42(46)49-38-41(39-51-53(48)50-37-36-44-40(3)45)52-43(47)35-33-31-29-27-25-23-21-19-17-15-13-11-9-7-5-2/h41,53H,4-39H2,1-3H3,(H,44,45). The minimum atomic E-state index is -2.87. The molecule has 0 saturated carbocycles. The number of unbranched alkanes of at least 4 members (excludes halogenated alkanes) is 28. The van der Waals surface area contributed by atoms with Gasteiger partial charge in [0, 0.05) is 26.3 Å². The number of nitrogens with one attached hydrogen (secondary N) is 1. The lowest BCUT2D eigenvalue weighted by atomic mass is 10.0. The molecule has 2 atom stereocenters. The van der Waals surface area contributed by atoms with E-state index < -0.39 is 14.4 Å². The first-order chi connectivity index (χ1) is 25.9. The summed E-state index contributed by atoms with van der Waals surface area (Å²) in [6, 6.07) is 0. The molecule has 0 heterocycles. The second-order valence-corrected chi connectivity index (χ2v) is 16.2. The molecular formula is C43H84NO8P. The van der Waals surface area contributed by atoms with Crippen molar-refractivity contribution in [2.45, 2.75) is 232 Å². The SMILES string of the molecule is CCCCCCCCCCCCCCCCCC(=O)OCC(CO[PH](=O)OCCNC(C)=O)OC(=O)CCCCCCCCCCCCCCCCC. The maximum absolute atomic E-state index is 12.6. The number of rotatable bonds is 42. The van der Waals surface area contributed by atoms with E-state index in [2.05, 4.69) is 19.2 Å². The highest BCUT2D eigenvalue weighted by atomic mass is 31.1. The Morgan fingerprint density at radius 1 is 0.491 bits per heavy atom. The van der Waals surface area contributed by atoms with Gasteiger partial charge in [0.2, 0.25) is 5.91 Å². The van der Waals surface area contributed by atoms with E-state index in [0.29, 0.717) is 6.42 Å². The molecule has 2 unspecified atom stereocenters. The van der Waals surface area contributed by atoms with Gasteiger partial charge in [-0.2, -0.15) is 0 Å². The van der Waals surface area contributed by atoms with E-state index in [4.69, 9.17) is 18.5 Å². The Labute approximate surface area is 326 Å². The van der Waals surface area contributed by atoms with E-state index in [1.54, 1.807) is 0 Å². The van der Waals surface area contributed by atoms with Gasteiger partial charge in [0.1, 0.15) is 6.61 Å². The highest BCUT2D eigenvalue weighted by molar-refractivity contribution is 7.33. The van der Waals surface area contributed by atoms with Crippen molar-refractivity contribution in [3.8, 4) is 0 Å². The van der Waals surface area contributed by atoms with Gasteiger partial charge < -0.3 is 23.8 Å². The minimum Gasteiger partial charge on any atom is -0.462 e. The van der Waals surface area contributed by atoms with Crippen molar-refractivity contribution >= 4 is 26.1 Å². The molecule has 0 aliphatic carbocycles. The van der Waals surface area contributed by atoms with Crippen molar-refractivity contribution in [1.29, 1.82) is 0 Å². The first-order valence-corrected chi connectivity index (χ1v) is 23.5. The largest absolute Gasteiger partial charge is 0.462 e. The Kier molecular flexibility index (Phi) is 40.6. The molecule has 0 aromatic carbocycles. The van der Waals surface area contributed by atoms with Gasteiger partial charge in [-0.05, 0) is 12.8 Å². The summed E-state index contributed by atoms with van der Waals surface area (Å²) in [6.45, 7) is 5.81. The Balaban J connectivity index is 4.17. The van der Waals surface area contributed by atoms with Crippen LogP contribution in [0, 0.1) is 0 Å². The second kappa shape index (κ2) is 41.7. The second-order valence-electron chi connectivity index (χ2n) is 15.1. The molecule has 314 valence electrons. The fourth-order valence-corrected chi connectivity index (χ4v) is 7.14. The van der Waals surface area contributed by atoms with Gasteiger partial charge in [-0.25, -0.2) is 0 Å². The van der Waals surface area contributed by atoms with Crippen molar-refractivity contribution in [3.63, 3.8) is 0 Å². The average molecular weight is 774 g/mol. The van der Waals surface area contributed by atoms with Gasteiger partial charge in [-0.3, -0.25) is 18.9 Å².